The van der Waals surface area contributed by atoms with Crippen LogP contribution in [0.15, 0.2) is 23.2 Å². The van der Waals surface area contributed by atoms with Crippen molar-refractivity contribution in [3.8, 4) is 0 Å². The first-order valence-corrected chi connectivity index (χ1v) is 7.16. The number of carbonyl (C=O) groups excluding carboxylic acids is 1. The van der Waals surface area contributed by atoms with Crippen molar-refractivity contribution in [3.05, 3.63) is 35.1 Å². The van der Waals surface area contributed by atoms with Crippen molar-refractivity contribution in [1.82, 2.24) is 5.32 Å². The van der Waals surface area contributed by atoms with Crippen LogP contribution in [0.1, 0.15) is 11.1 Å². The maximum atomic E-state index is 13.1. The molecular formula is C13H13F4N3OS. The second kappa shape index (κ2) is 6.15. The van der Waals surface area contributed by atoms with Crippen LogP contribution in [-0.4, -0.2) is 28.5 Å². The van der Waals surface area contributed by atoms with Gasteiger partial charge in [-0.1, -0.05) is 17.8 Å². The van der Waals surface area contributed by atoms with Crippen LogP contribution >= 0.6 is 11.8 Å². The number of nitrogens with zero attached hydrogens (tertiary/aromatic N) is 1. The molecule has 2 unspecified atom stereocenters. The zero-order valence-electron chi connectivity index (χ0n) is 11.4. The van der Waals surface area contributed by atoms with E-state index in [1.807, 2.05) is 0 Å². The first kappa shape index (κ1) is 16.6. The average Bonchev–Trinajstić information content (AvgIpc) is 2.82. The van der Waals surface area contributed by atoms with Gasteiger partial charge in [-0.25, -0.2) is 9.38 Å². The van der Waals surface area contributed by atoms with Crippen molar-refractivity contribution in [2.24, 2.45) is 10.7 Å². The second-order valence-electron chi connectivity index (χ2n) is 4.78. The Labute approximate surface area is 128 Å². The Morgan fingerprint density at radius 2 is 2.14 bits per heavy atom. The molecule has 9 heteroatoms. The molecule has 2 atom stereocenters. The Hall–Kier alpha value is -1.77. The van der Waals surface area contributed by atoms with Gasteiger partial charge in [0.1, 0.15) is 11.1 Å². The standard InChI is InChI=1S/C13H13F4N3OS/c1-6-2-3-8(14)4-7(6)5-19-11(21)9-10(13(15,16)17)20-12(18)22-9/h2-4,9-10H,5H2,1H3,(H2,18,20)(H,19,21). The number of hydrogen-bond donors (Lipinski definition) is 2. The van der Waals surface area contributed by atoms with Gasteiger partial charge in [-0.2, -0.15) is 13.2 Å². The van der Waals surface area contributed by atoms with Crippen LogP contribution in [-0.2, 0) is 11.3 Å². The van der Waals surface area contributed by atoms with Gasteiger partial charge in [0, 0.05) is 6.54 Å². The third kappa shape index (κ3) is 3.70. The summed E-state index contributed by atoms with van der Waals surface area (Å²) in [5, 5.41) is 0.639. The number of alkyl halides is 3. The lowest BCUT2D eigenvalue weighted by atomic mass is 10.1. The van der Waals surface area contributed by atoms with Gasteiger partial charge in [-0.05, 0) is 30.2 Å². The summed E-state index contributed by atoms with van der Waals surface area (Å²) in [6.45, 7) is 1.65. The van der Waals surface area contributed by atoms with Gasteiger partial charge < -0.3 is 11.1 Å². The number of nitrogens with two attached hydrogens (primary N) is 1. The van der Waals surface area contributed by atoms with E-state index in [2.05, 4.69) is 10.3 Å². The van der Waals surface area contributed by atoms with E-state index in [9.17, 15) is 22.4 Å². The van der Waals surface area contributed by atoms with Crippen LogP contribution < -0.4 is 11.1 Å². The largest absolute Gasteiger partial charge is 0.412 e. The molecular weight excluding hydrogens is 322 g/mol. The number of aliphatic imine (C=N–C) groups is 1. The second-order valence-corrected chi connectivity index (χ2v) is 5.94. The number of aryl methyl sites for hydroxylation is 1. The monoisotopic (exact) mass is 335 g/mol. The summed E-state index contributed by atoms with van der Waals surface area (Å²) in [6.07, 6.45) is -4.65. The summed E-state index contributed by atoms with van der Waals surface area (Å²) < 4.78 is 51.6. The fourth-order valence-electron chi connectivity index (χ4n) is 1.98. The number of hydrogen-bond acceptors (Lipinski definition) is 4. The molecule has 0 bridgehead atoms. The van der Waals surface area contributed by atoms with Gasteiger partial charge in [-0.15, -0.1) is 0 Å². The maximum Gasteiger partial charge on any atom is 0.412 e. The molecule has 4 nitrogen and oxygen atoms in total. The third-order valence-corrected chi connectivity index (χ3v) is 4.23. The molecule has 0 radical (unpaired) electrons. The molecule has 0 fully saturated rings. The molecule has 0 spiro atoms. The molecule has 22 heavy (non-hydrogen) atoms. The Morgan fingerprint density at radius 3 is 2.77 bits per heavy atom. The number of amides is 1. The summed E-state index contributed by atoms with van der Waals surface area (Å²) in [5.74, 6) is -1.31. The van der Waals surface area contributed by atoms with E-state index in [0.717, 1.165) is 5.56 Å². The first-order valence-electron chi connectivity index (χ1n) is 6.28. The van der Waals surface area contributed by atoms with E-state index in [4.69, 9.17) is 5.73 Å². The van der Waals surface area contributed by atoms with Crippen molar-refractivity contribution in [2.45, 2.75) is 30.9 Å². The molecule has 1 heterocycles. The number of rotatable bonds is 3. The van der Waals surface area contributed by atoms with Crippen molar-refractivity contribution in [2.75, 3.05) is 0 Å². The Morgan fingerprint density at radius 1 is 1.45 bits per heavy atom. The van der Waals surface area contributed by atoms with Crippen LogP contribution in [0.3, 0.4) is 0 Å². The van der Waals surface area contributed by atoms with Crippen LogP contribution in [0.25, 0.3) is 0 Å². The van der Waals surface area contributed by atoms with E-state index in [1.54, 1.807) is 6.92 Å². The highest BCUT2D eigenvalue weighted by atomic mass is 32.2. The topological polar surface area (TPSA) is 67.5 Å². The van der Waals surface area contributed by atoms with Crippen LogP contribution in [0.5, 0.6) is 0 Å². The van der Waals surface area contributed by atoms with Crippen molar-refractivity contribution in [1.29, 1.82) is 0 Å². The maximum absolute atomic E-state index is 13.1. The molecule has 1 aromatic carbocycles. The minimum absolute atomic E-state index is 0.0655. The summed E-state index contributed by atoms with van der Waals surface area (Å²) >= 11 is 0.573. The SMILES string of the molecule is Cc1ccc(F)cc1CNC(=O)C1SC(N)=NC1C(F)(F)F. The molecule has 0 aromatic heterocycles. The number of nitrogens with one attached hydrogen (secondary N) is 1. The third-order valence-electron chi connectivity index (χ3n) is 3.16. The summed E-state index contributed by atoms with van der Waals surface area (Å²) in [6, 6.07) is 1.86. The van der Waals surface area contributed by atoms with Crippen molar-refractivity contribution in [3.63, 3.8) is 0 Å². The Balaban J connectivity index is 2.05. The predicted molar refractivity (Wildman–Crippen MR) is 75.8 cm³/mol. The van der Waals surface area contributed by atoms with Gasteiger partial charge >= 0.3 is 6.18 Å². The van der Waals surface area contributed by atoms with E-state index in [-0.39, 0.29) is 11.7 Å². The molecule has 1 amide bonds. The minimum atomic E-state index is -4.65. The summed E-state index contributed by atoms with van der Waals surface area (Å²) in [4.78, 5) is 15.2. The number of carbonyl (C=O) groups is 1. The van der Waals surface area contributed by atoms with E-state index in [0.29, 0.717) is 17.3 Å². The highest BCUT2D eigenvalue weighted by molar-refractivity contribution is 8.15. The lowest BCUT2D eigenvalue weighted by molar-refractivity contribution is -0.151. The molecule has 0 aliphatic carbocycles. The van der Waals surface area contributed by atoms with Gasteiger partial charge in [-0.3, -0.25) is 4.79 Å². The molecule has 1 aliphatic heterocycles. The number of halogens is 4. The number of thioether (sulfide) groups is 1. The predicted octanol–water partition coefficient (Wildman–Crippen LogP) is 2.11. The van der Waals surface area contributed by atoms with Crippen LogP contribution in [0.4, 0.5) is 17.6 Å². The normalized spacial score (nSPS) is 21.6. The number of benzene rings is 1. The number of amidine groups is 1. The zero-order valence-corrected chi connectivity index (χ0v) is 12.3. The zero-order chi connectivity index (χ0) is 16.5. The van der Waals surface area contributed by atoms with E-state index < -0.39 is 29.2 Å². The van der Waals surface area contributed by atoms with Gasteiger partial charge in [0.05, 0.1) is 0 Å². The fraction of sp³-hybridized carbons (Fsp3) is 0.385. The van der Waals surface area contributed by atoms with E-state index in [1.165, 1.54) is 18.2 Å². The smallest absolute Gasteiger partial charge is 0.379 e. The Kier molecular flexibility index (Phi) is 4.64. The lowest BCUT2D eigenvalue weighted by Gasteiger charge is -2.19. The van der Waals surface area contributed by atoms with Gasteiger partial charge in [0.25, 0.3) is 0 Å². The molecule has 1 aliphatic rings. The van der Waals surface area contributed by atoms with Crippen molar-refractivity contribution < 1.29 is 22.4 Å². The quantitative estimate of drug-likeness (QED) is 0.832. The molecule has 3 N–H and O–H groups in total. The van der Waals surface area contributed by atoms with Crippen LogP contribution in [0.2, 0.25) is 0 Å². The van der Waals surface area contributed by atoms with Crippen LogP contribution in [0, 0.1) is 12.7 Å². The minimum Gasteiger partial charge on any atom is -0.379 e. The summed E-state index contributed by atoms with van der Waals surface area (Å²) in [5.41, 5.74) is 6.50. The fourth-order valence-corrected chi connectivity index (χ4v) is 2.95. The highest BCUT2D eigenvalue weighted by Gasteiger charge is 2.51. The van der Waals surface area contributed by atoms with Gasteiger partial charge in [0.15, 0.2) is 11.2 Å². The molecule has 0 saturated heterocycles. The highest BCUT2D eigenvalue weighted by Crippen LogP contribution is 2.36. The molecule has 0 saturated carbocycles. The molecule has 2 rings (SSSR count). The summed E-state index contributed by atoms with van der Waals surface area (Å²) in [7, 11) is 0. The molecule has 1 aromatic rings. The van der Waals surface area contributed by atoms with E-state index >= 15 is 0 Å². The first-order chi connectivity index (χ1) is 10.2. The molecule has 120 valence electrons. The van der Waals surface area contributed by atoms with Crippen molar-refractivity contribution >= 4 is 22.8 Å². The average molecular weight is 335 g/mol. The Bertz CT molecular complexity index is 618. The van der Waals surface area contributed by atoms with Gasteiger partial charge in [0.2, 0.25) is 5.91 Å². The lowest BCUT2D eigenvalue weighted by Crippen LogP contribution is -2.44.